The van der Waals surface area contributed by atoms with Crippen molar-refractivity contribution in [1.29, 1.82) is 0 Å². The zero-order chi connectivity index (χ0) is 20.9. The van der Waals surface area contributed by atoms with E-state index in [4.69, 9.17) is 0 Å². The molecule has 0 aliphatic carbocycles. The second-order valence-electron chi connectivity index (χ2n) is 7.14. The number of nitrogens with zero attached hydrogens (tertiary/aromatic N) is 2. The summed E-state index contributed by atoms with van der Waals surface area (Å²) in [6, 6.07) is 14.1. The molecule has 0 aliphatic rings. The number of carbonyl (C=O) groups excluding carboxylic acids is 1. The van der Waals surface area contributed by atoms with E-state index in [-0.39, 0.29) is 17.3 Å². The van der Waals surface area contributed by atoms with E-state index in [1.54, 1.807) is 29.2 Å². The summed E-state index contributed by atoms with van der Waals surface area (Å²) in [5.41, 5.74) is 2.58. The first-order valence-corrected chi connectivity index (χ1v) is 11.1. The third kappa shape index (κ3) is 4.93. The maximum Gasteiger partial charge on any atom is 0.264 e. The molecule has 28 heavy (non-hydrogen) atoms. The van der Waals surface area contributed by atoms with Gasteiger partial charge in [-0.1, -0.05) is 43.7 Å². The van der Waals surface area contributed by atoms with Crippen molar-refractivity contribution in [3.05, 3.63) is 59.7 Å². The van der Waals surface area contributed by atoms with E-state index in [1.807, 2.05) is 45.0 Å². The fourth-order valence-corrected chi connectivity index (χ4v) is 4.39. The Labute approximate surface area is 169 Å². The van der Waals surface area contributed by atoms with Gasteiger partial charge >= 0.3 is 0 Å². The van der Waals surface area contributed by atoms with Crippen LogP contribution in [0.3, 0.4) is 0 Å². The SMILES string of the molecule is CCN(CC)C(=O)CN(c1ccc(C)cc1)S(=O)(=O)c1ccc(C(C)C)cc1. The number of sulfonamides is 1. The first-order chi connectivity index (χ1) is 13.2. The van der Waals surface area contributed by atoms with Gasteiger partial charge in [-0.15, -0.1) is 0 Å². The summed E-state index contributed by atoms with van der Waals surface area (Å²) in [6.07, 6.45) is 0. The van der Waals surface area contributed by atoms with E-state index in [0.29, 0.717) is 24.7 Å². The monoisotopic (exact) mass is 402 g/mol. The second-order valence-corrected chi connectivity index (χ2v) is 9.00. The molecule has 152 valence electrons. The summed E-state index contributed by atoms with van der Waals surface area (Å²) in [6.45, 7) is 10.7. The van der Waals surface area contributed by atoms with Crippen molar-refractivity contribution in [3.8, 4) is 0 Å². The van der Waals surface area contributed by atoms with Crippen LogP contribution in [0.1, 0.15) is 44.7 Å². The Kier molecular flexibility index (Phi) is 7.24. The summed E-state index contributed by atoms with van der Waals surface area (Å²) in [7, 11) is -3.87. The normalized spacial score (nSPS) is 11.5. The van der Waals surface area contributed by atoms with E-state index >= 15 is 0 Å². The molecule has 0 aromatic heterocycles. The maximum absolute atomic E-state index is 13.4. The Bertz CT molecular complexity index is 884. The molecule has 0 saturated carbocycles. The van der Waals surface area contributed by atoms with Crippen molar-refractivity contribution >= 4 is 21.6 Å². The first-order valence-electron chi connectivity index (χ1n) is 9.67. The Morgan fingerprint density at radius 3 is 1.93 bits per heavy atom. The zero-order valence-corrected chi connectivity index (χ0v) is 18.2. The van der Waals surface area contributed by atoms with Crippen molar-refractivity contribution in [2.24, 2.45) is 0 Å². The lowest BCUT2D eigenvalue weighted by atomic mass is 10.0. The van der Waals surface area contributed by atoms with Crippen LogP contribution in [0, 0.1) is 6.92 Å². The molecule has 0 saturated heterocycles. The van der Waals surface area contributed by atoms with Gasteiger partial charge in [0.1, 0.15) is 6.54 Å². The van der Waals surface area contributed by atoms with Crippen molar-refractivity contribution in [2.75, 3.05) is 23.9 Å². The second kappa shape index (κ2) is 9.24. The fourth-order valence-electron chi connectivity index (χ4n) is 2.98. The van der Waals surface area contributed by atoms with Gasteiger partial charge in [-0.3, -0.25) is 9.10 Å². The highest BCUT2D eigenvalue weighted by atomic mass is 32.2. The lowest BCUT2D eigenvalue weighted by molar-refractivity contribution is -0.129. The Morgan fingerprint density at radius 1 is 0.929 bits per heavy atom. The van der Waals surface area contributed by atoms with Crippen molar-refractivity contribution in [2.45, 2.75) is 45.4 Å². The number of rotatable bonds is 8. The van der Waals surface area contributed by atoms with Crippen LogP contribution in [0.15, 0.2) is 53.4 Å². The van der Waals surface area contributed by atoms with E-state index in [9.17, 15) is 13.2 Å². The average molecular weight is 403 g/mol. The number of aryl methyl sites for hydroxylation is 1. The smallest absolute Gasteiger partial charge is 0.264 e. The van der Waals surface area contributed by atoms with Crippen LogP contribution in [0.2, 0.25) is 0 Å². The molecular formula is C22H30N2O3S. The van der Waals surface area contributed by atoms with Crippen LogP contribution in [-0.4, -0.2) is 38.9 Å². The molecule has 0 aliphatic heterocycles. The third-order valence-corrected chi connectivity index (χ3v) is 6.64. The van der Waals surface area contributed by atoms with Crippen molar-refractivity contribution < 1.29 is 13.2 Å². The minimum absolute atomic E-state index is 0.185. The number of amides is 1. The van der Waals surface area contributed by atoms with Gasteiger partial charge in [0.25, 0.3) is 10.0 Å². The topological polar surface area (TPSA) is 57.7 Å². The van der Waals surface area contributed by atoms with Crippen LogP contribution in [0.5, 0.6) is 0 Å². The Hall–Kier alpha value is -2.34. The lowest BCUT2D eigenvalue weighted by Crippen LogP contribution is -2.43. The highest BCUT2D eigenvalue weighted by Gasteiger charge is 2.28. The highest BCUT2D eigenvalue weighted by molar-refractivity contribution is 7.92. The summed E-state index contributed by atoms with van der Waals surface area (Å²) in [5, 5.41) is 0. The summed E-state index contributed by atoms with van der Waals surface area (Å²) in [5.74, 6) is 0.0992. The molecule has 0 atom stereocenters. The molecule has 0 spiro atoms. The number of likely N-dealkylation sites (N-methyl/N-ethyl adjacent to an activating group) is 1. The number of benzene rings is 2. The lowest BCUT2D eigenvalue weighted by Gasteiger charge is -2.27. The Balaban J connectivity index is 2.47. The van der Waals surface area contributed by atoms with Crippen molar-refractivity contribution in [3.63, 3.8) is 0 Å². The molecule has 2 rings (SSSR count). The van der Waals surface area contributed by atoms with Gasteiger partial charge in [0.05, 0.1) is 10.6 Å². The van der Waals surface area contributed by atoms with E-state index in [2.05, 4.69) is 13.8 Å². The minimum atomic E-state index is -3.87. The zero-order valence-electron chi connectivity index (χ0n) is 17.3. The van der Waals surface area contributed by atoms with E-state index < -0.39 is 10.0 Å². The summed E-state index contributed by atoms with van der Waals surface area (Å²) >= 11 is 0. The number of hydrogen-bond donors (Lipinski definition) is 0. The first kappa shape index (κ1) is 22.0. The summed E-state index contributed by atoms with van der Waals surface area (Å²) in [4.78, 5) is 14.5. The highest BCUT2D eigenvalue weighted by Crippen LogP contribution is 2.25. The minimum Gasteiger partial charge on any atom is -0.342 e. The van der Waals surface area contributed by atoms with Crippen LogP contribution in [-0.2, 0) is 14.8 Å². The Morgan fingerprint density at radius 2 is 1.46 bits per heavy atom. The molecule has 2 aromatic carbocycles. The van der Waals surface area contributed by atoms with E-state index in [1.165, 1.54) is 4.31 Å². The number of hydrogen-bond acceptors (Lipinski definition) is 3. The average Bonchev–Trinajstić information content (AvgIpc) is 2.68. The molecule has 0 fully saturated rings. The summed E-state index contributed by atoms with van der Waals surface area (Å²) < 4.78 is 28.0. The molecule has 5 nitrogen and oxygen atoms in total. The molecule has 0 bridgehead atoms. The van der Waals surface area contributed by atoms with Gasteiger partial charge in [-0.2, -0.15) is 0 Å². The molecule has 0 heterocycles. The molecule has 0 N–H and O–H groups in total. The third-order valence-electron chi connectivity index (χ3n) is 4.85. The van der Waals surface area contributed by atoms with Crippen molar-refractivity contribution in [1.82, 2.24) is 4.90 Å². The number of carbonyl (C=O) groups is 1. The van der Waals surface area contributed by atoms with E-state index in [0.717, 1.165) is 11.1 Å². The number of anilines is 1. The van der Waals surface area contributed by atoms with Gasteiger partial charge in [0.15, 0.2) is 0 Å². The van der Waals surface area contributed by atoms with Gasteiger partial charge < -0.3 is 4.90 Å². The quantitative estimate of drug-likeness (QED) is 0.665. The fraction of sp³-hybridized carbons (Fsp3) is 0.409. The predicted molar refractivity (Wildman–Crippen MR) is 114 cm³/mol. The molecule has 0 unspecified atom stereocenters. The molecule has 6 heteroatoms. The largest absolute Gasteiger partial charge is 0.342 e. The van der Waals surface area contributed by atoms with Crippen LogP contribution in [0.25, 0.3) is 0 Å². The van der Waals surface area contributed by atoms with Gasteiger partial charge in [0.2, 0.25) is 5.91 Å². The predicted octanol–water partition coefficient (Wildman–Crippen LogP) is 4.18. The molecule has 1 amide bonds. The van der Waals surface area contributed by atoms with Crippen LogP contribution >= 0.6 is 0 Å². The molecule has 0 radical (unpaired) electrons. The molecule has 2 aromatic rings. The van der Waals surface area contributed by atoms with Crippen LogP contribution in [0.4, 0.5) is 5.69 Å². The maximum atomic E-state index is 13.4. The standard InChI is InChI=1S/C22H30N2O3S/c1-6-23(7-2)22(25)16-24(20-12-8-18(5)9-13-20)28(26,27)21-14-10-19(11-15-21)17(3)4/h8-15,17H,6-7,16H2,1-5H3. The van der Waals surface area contributed by atoms with Gasteiger partial charge in [-0.05, 0) is 56.5 Å². The molecular weight excluding hydrogens is 372 g/mol. The van der Waals surface area contributed by atoms with Gasteiger partial charge in [0, 0.05) is 13.1 Å². The van der Waals surface area contributed by atoms with Gasteiger partial charge in [-0.25, -0.2) is 8.42 Å². The van der Waals surface area contributed by atoms with Crippen LogP contribution < -0.4 is 4.31 Å².